The number of aromatic nitrogens is 3. The molecule has 1 aliphatic carbocycles. The van der Waals surface area contributed by atoms with E-state index in [9.17, 15) is 0 Å². The van der Waals surface area contributed by atoms with Gasteiger partial charge in [0.1, 0.15) is 5.58 Å². The van der Waals surface area contributed by atoms with E-state index in [0.717, 1.165) is 80.8 Å². The van der Waals surface area contributed by atoms with Gasteiger partial charge >= 0.3 is 0 Å². The Hall–Kier alpha value is -4.61. The van der Waals surface area contributed by atoms with Crippen molar-refractivity contribution in [1.82, 2.24) is 14.5 Å². The maximum Gasteiger partial charge on any atom is 0.120 e. The molecule has 59 heavy (non-hydrogen) atoms. The van der Waals surface area contributed by atoms with Gasteiger partial charge < -0.3 is 14.0 Å². The van der Waals surface area contributed by atoms with Crippen molar-refractivity contribution in [2.24, 2.45) is 5.92 Å². The van der Waals surface area contributed by atoms with Crippen LogP contribution in [0.4, 0.5) is 0 Å². The van der Waals surface area contributed by atoms with Crippen molar-refractivity contribution < 1.29 is 31.4 Å². The summed E-state index contributed by atoms with van der Waals surface area (Å²) in [5.74, 6) is 1.70. The van der Waals surface area contributed by atoms with Gasteiger partial charge in [-0.25, -0.2) is 0 Å². The molecule has 305 valence electrons. The Kier molecular flexibility index (Phi) is 11.0. The Morgan fingerprint density at radius 2 is 1.51 bits per heavy atom. The number of fused-ring (bicyclic) bond motifs is 4. The van der Waals surface area contributed by atoms with E-state index < -0.39 is 21.3 Å². The molecule has 1 saturated carbocycles. The molecule has 0 atom stereocenters. The summed E-state index contributed by atoms with van der Waals surface area (Å²) in [6.45, 7) is 13.6. The van der Waals surface area contributed by atoms with E-state index in [-0.39, 0.29) is 31.6 Å². The minimum absolute atomic E-state index is 0. The topological polar surface area (TPSA) is 43.9 Å². The van der Waals surface area contributed by atoms with E-state index in [1.54, 1.807) is 12.1 Å². The zero-order chi connectivity index (χ0) is 44.8. The molecule has 0 aliphatic heterocycles. The average molecular weight is 977 g/mol. The van der Waals surface area contributed by atoms with Crippen LogP contribution in [0.3, 0.4) is 0 Å². The van der Waals surface area contributed by atoms with Gasteiger partial charge in [0.15, 0.2) is 0 Å². The van der Waals surface area contributed by atoms with Crippen molar-refractivity contribution in [3.63, 3.8) is 0 Å². The third-order valence-electron chi connectivity index (χ3n) is 11.4. The fourth-order valence-corrected chi connectivity index (χ4v) is 9.78. The summed E-state index contributed by atoms with van der Waals surface area (Å²) >= 11 is 0. The summed E-state index contributed by atoms with van der Waals surface area (Å²) in [5.41, 5.74) is 11.0. The van der Waals surface area contributed by atoms with E-state index in [4.69, 9.17) is 16.3 Å². The number of pyridine rings is 1. The third-order valence-corrected chi connectivity index (χ3v) is 13.5. The molecule has 0 saturated heterocycles. The van der Waals surface area contributed by atoms with Gasteiger partial charge in [-0.3, -0.25) is 4.98 Å². The van der Waals surface area contributed by atoms with Crippen molar-refractivity contribution in [2.75, 3.05) is 0 Å². The molecule has 4 nitrogen and oxygen atoms in total. The normalized spacial score (nSPS) is 15.3. The predicted octanol–water partition coefficient (Wildman–Crippen LogP) is 14.2. The van der Waals surface area contributed by atoms with Gasteiger partial charge in [0.25, 0.3) is 0 Å². The number of benzene rings is 5. The van der Waals surface area contributed by atoms with Crippen LogP contribution in [-0.2, 0) is 26.5 Å². The first kappa shape index (κ1) is 36.3. The molecule has 1 radical (unpaired) electrons. The van der Waals surface area contributed by atoms with Crippen molar-refractivity contribution in [2.45, 2.75) is 105 Å². The molecule has 0 amide bonds. The molecule has 3 heterocycles. The first-order chi connectivity index (χ1) is 29.9. The third kappa shape index (κ3) is 8.97. The fourth-order valence-electron chi connectivity index (χ4n) is 8.37. The Bertz CT molecular complexity index is 2880. The Labute approximate surface area is 372 Å². The van der Waals surface area contributed by atoms with Gasteiger partial charge in [0, 0.05) is 44.2 Å². The number of nitrogens with zero attached hydrogens (tertiary/aromatic N) is 3. The van der Waals surface area contributed by atoms with E-state index in [1.807, 2.05) is 30.5 Å². The first-order valence-corrected chi connectivity index (χ1v) is 24.4. The fraction of sp³-hybridized carbons (Fsp3) is 0.321. The summed E-state index contributed by atoms with van der Waals surface area (Å²) in [4.78, 5) is 9.76. The summed E-state index contributed by atoms with van der Waals surface area (Å²) in [7, 11) is -1.80. The van der Waals surface area contributed by atoms with E-state index in [2.05, 4.69) is 130 Å². The zero-order valence-electron chi connectivity index (χ0n) is 40.2. The minimum atomic E-state index is -2.16. The molecule has 0 unspecified atom stereocenters. The van der Waals surface area contributed by atoms with E-state index >= 15 is 0 Å². The van der Waals surface area contributed by atoms with Crippen LogP contribution in [0.15, 0.2) is 114 Å². The second kappa shape index (κ2) is 17.9. The molecule has 0 spiro atoms. The second-order valence-corrected chi connectivity index (χ2v) is 22.5. The quantitative estimate of drug-likeness (QED) is 0.113. The number of furan rings is 1. The molecular formula is C53H57IrN3OSi-2. The number of hydrogen-bond acceptors (Lipinski definition) is 3. The van der Waals surface area contributed by atoms with Crippen LogP contribution in [0.2, 0.25) is 19.6 Å². The number of rotatable bonds is 8. The number of aryl methyl sites for hydroxylation is 1. The van der Waals surface area contributed by atoms with Gasteiger partial charge in [-0.2, -0.15) is 0 Å². The van der Waals surface area contributed by atoms with Gasteiger partial charge in [-0.15, -0.1) is 59.2 Å². The van der Waals surface area contributed by atoms with E-state index in [1.165, 1.54) is 29.3 Å². The van der Waals surface area contributed by atoms with Crippen LogP contribution in [-0.4, -0.2) is 22.6 Å². The molecule has 3 aromatic heterocycles. The number of para-hydroxylation sites is 4. The molecule has 5 aromatic carbocycles. The van der Waals surface area contributed by atoms with Crippen LogP contribution in [0.5, 0.6) is 0 Å². The molecule has 0 N–H and O–H groups in total. The van der Waals surface area contributed by atoms with Gasteiger partial charge in [0.05, 0.1) is 30.5 Å². The standard InChI is InChI=1S/C31H27N2O.C22H30NSi.Ir/c1-19(2)22-11-9-12-23(20(3)4)30(22)33-27-14-7-6-13-26(27)32-31(33)21-16-17-29-25(18-21)24-10-5-8-15-28(24)34-29;1-17-10-12-19(13-11-17)21-15-20(14-18-8-6-5-7-9-18)22(16-23-21)24(2,3)4;/h5-15,17-20H,1-4H3;10-12,15-16,18H,5-9,14H2,1-4H3;/q2*-1;/i;1D3,14D2;. The molecule has 9 rings (SSSR count). The molecule has 8 aromatic rings. The van der Waals surface area contributed by atoms with Crippen molar-refractivity contribution in [3.05, 3.63) is 144 Å². The predicted molar refractivity (Wildman–Crippen MR) is 247 cm³/mol. The van der Waals surface area contributed by atoms with Crippen LogP contribution < -0.4 is 5.19 Å². The second-order valence-electron chi connectivity index (χ2n) is 17.4. The van der Waals surface area contributed by atoms with Crippen LogP contribution in [0.1, 0.15) is 101 Å². The zero-order valence-corrected chi connectivity index (χ0v) is 38.6. The Morgan fingerprint density at radius 3 is 2.20 bits per heavy atom. The maximum absolute atomic E-state index is 9.03. The molecule has 0 bridgehead atoms. The molecule has 1 aliphatic rings. The minimum Gasteiger partial charge on any atom is -0.500 e. The summed E-state index contributed by atoms with van der Waals surface area (Å²) in [5, 5.41) is 3.26. The van der Waals surface area contributed by atoms with Gasteiger partial charge in [-0.1, -0.05) is 152 Å². The number of hydrogen-bond donors (Lipinski definition) is 0. The molecule has 1 fully saturated rings. The Balaban J connectivity index is 0.000000191. The van der Waals surface area contributed by atoms with Crippen molar-refractivity contribution in [3.8, 4) is 28.3 Å². The summed E-state index contributed by atoms with van der Waals surface area (Å²) in [6.07, 6.45) is 5.68. The SMILES string of the molecule is CC(C)c1cccc(C(C)C)c1-n1c(-c2[c-]cc3oc4ccccc4c3c2)nc2ccccc21.[2H]C([2H])([2H])c1c[c-]c(-c2cc(C([2H])([2H])C3CCCCC3)c([Si](C)(C)C)cn2)cc1.[Ir]. The van der Waals surface area contributed by atoms with Crippen LogP contribution in [0, 0.1) is 24.9 Å². The first-order valence-electron chi connectivity index (χ1n) is 23.4. The largest absolute Gasteiger partial charge is 0.500 e. The smallest absolute Gasteiger partial charge is 0.120 e. The molecular weight excluding hydrogens is 915 g/mol. The number of imidazole rings is 1. The van der Waals surface area contributed by atoms with E-state index in [0.29, 0.717) is 23.1 Å². The van der Waals surface area contributed by atoms with Gasteiger partial charge in [0.2, 0.25) is 0 Å². The molecule has 6 heteroatoms. The summed E-state index contributed by atoms with van der Waals surface area (Å²) in [6, 6.07) is 40.6. The summed E-state index contributed by atoms with van der Waals surface area (Å²) < 4.78 is 49.1. The van der Waals surface area contributed by atoms with Crippen molar-refractivity contribution in [1.29, 1.82) is 0 Å². The van der Waals surface area contributed by atoms with Gasteiger partial charge in [-0.05, 0) is 64.3 Å². The van der Waals surface area contributed by atoms with Crippen molar-refractivity contribution >= 4 is 46.2 Å². The average Bonchev–Trinajstić information content (AvgIpc) is 3.84. The maximum atomic E-state index is 9.03. The van der Waals surface area contributed by atoms with Crippen LogP contribution >= 0.6 is 0 Å². The Morgan fingerprint density at radius 1 is 0.797 bits per heavy atom. The monoisotopic (exact) mass is 977 g/mol. The van der Waals surface area contributed by atoms with Crippen LogP contribution in [0.25, 0.3) is 61.3 Å².